The molecule has 0 spiro atoms. The number of aliphatic hydroxyl groups excluding tert-OH is 8. The molecule has 0 heterocycles. The molecule has 11 nitrogen and oxygen atoms in total. The standard InChI is InChI=1S/C15H24N2O9/c18-6-8(19)9(20)10(21)11(22)12(23)13(24)14(25)15(26)17-16-7-4-2-1-3-5-7/h1-5,8-14,16,18-25H,6H2,(H,17,26). The molecule has 0 radical (unpaired) electrons. The summed E-state index contributed by atoms with van der Waals surface area (Å²) in [6.45, 7) is -0.931. The summed E-state index contributed by atoms with van der Waals surface area (Å²) in [5, 5.41) is 76.1. The number of anilines is 1. The van der Waals surface area contributed by atoms with Gasteiger partial charge in [0.25, 0.3) is 5.91 Å². The van der Waals surface area contributed by atoms with Crippen LogP contribution >= 0.6 is 0 Å². The summed E-state index contributed by atoms with van der Waals surface area (Å²) in [4.78, 5) is 11.8. The fourth-order valence-electron chi connectivity index (χ4n) is 2.01. The lowest BCUT2D eigenvalue weighted by atomic mass is 9.94. The molecule has 0 aliphatic heterocycles. The Morgan fingerprint density at radius 2 is 1.31 bits per heavy atom. The molecule has 148 valence electrons. The van der Waals surface area contributed by atoms with Gasteiger partial charge in [-0.15, -0.1) is 0 Å². The monoisotopic (exact) mass is 376 g/mol. The largest absolute Gasteiger partial charge is 0.394 e. The maximum atomic E-state index is 11.8. The highest BCUT2D eigenvalue weighted by atomic mass is 16.4. The number of hydrogen-bond donors (Lipinski definition) is 10. The van der Waals surface area contributed by atoms with Gasteiger partial charge in [-0.1, -0.05) is 18.2 Å². The Labute approximate surface area is 148 Å². The predicted octanol–water partition coefficient (Wildman–Crippen LogP) is -4.35. The maximum Gasteiger partial charge on any atom is 0.269 e. The summed E-state index contributed by atoms with van der Waals surface area (Å²) >= 11 is 0. The average Bonchev–Trinajstić information content (AvgIpc) is 2.68. The topological polar surface area (TPSA) is 203 Å². The highest BCUT2D eigenvalue weighted by molar-refractivity contribution is 5.82. The second-order valence-corrected chi connectivity index (χ2v) is 5.63. The van der Waals surface area contributed by atoms with E-state index in [0.29, 0.717) is 5.69 Å². The molecule has 7 atom stereocenters. The van der Waals surface area contributed by atoms with Crippen molar-refractivity contribution in [3.8, 4) is 0 Å². The lowest BCUT2D eigenvalue weighted by molar-refractivity contribution is -0.174. The molecule has 1 rings (SSSR count). The number of rotatable bonds is 10. The van der Waals surface area contributed by atoms with Crippen LogP contribution in [0.25, 0.3) is 0 Å². The number of hydrogen-bond acceptors (Lipinski definition) is 10. The van der Waals surface area contributed by atoms with Crippen LogP contribution in [0.5, 0.6) is 0 Å². The molecule has 0 aromatic heterocycles. The third-order valence-electron chi connectivity index (χ3n) is 3.68. The van der Waals surface area contributed by atoms with E-state index in [1.54, 1.807) is 30.3 Å². The van der Waals surface area contributed by atoms with Crippen molar-refractivity contribution in [3.05, 3.63) is 30.3 Å². The number of benzene rings is 1. The highest BCUT2D eigenvalue weighted by Crippen LogP contribution is 2.13. The molecule has 0 aliphatic rings. The van der Waals surface area contributed by atoms with Crippen molar-refractivity contribution in [1.29, 1.82) is 0 Å². The first-order valence-electron chi connectivity index (χ1n) is 7.69. The van der Waals surface area contributed by atoms with E-state index in [9.17, 15) is 40.5 Å². The number of carbonyl (C=O) groups excluding carboxylic acids is 1. The molecule has 1 aromatic rings. The summed E-state index contributed by atoms with van der Waals surface area (Å²) in [6, 6.07) is 8.29. The van der Waals surface area contributed by atoms with Gasteiger partial charge in [-0.2, -0.15) is 0 Å². The van der Waals surface area contributed by atoms with Gasteiger partial charge in [0.15, 0.2) is 6.10 Å². The van der Waals surface area contributed by atoms with E-state index >= 15 is 0 Å². The summed E-state index contributed by atoms with van der Waals surface area (Å²) in [6.07, 6.45) is -14.9. The van der Waals surface area contributed by atoms with Crippen molar-refractivity contribution in [1.82, 2.24) is 5.43 Å². The minimum absolute atomic E-state index is 0.472. The zero-order valence-corrected chi connectivity index (χ0v) is 13.6. The molecular formula is C15H24N2O9. The van der Waals surface area contributed by atoms with Gasteiger partial charge in [-0.05, 0) is 12.1 Å². The maximum absolute atomic E-state index is 11.8. The van der Waals surface area contributed by atoms with E-state index in [2.05, 4.69) is 10.9 Å². The van der Waals surface area contributed by atoms with Crippen molar-refractivity contribution in [3.63, 3.8) is 0 Å². The summed E-state index contributed by atoms with van der Waals surface area (Å²) < 4.78 is 0. The number of para-hydroxylation sites is 1. The molecule has 7 unspecified atom stereocenters. The molecule has 11 heteroatoms. The zero-order chi connectivity index (χ0) is 19.9. The third-order valence-corrected chi connectivity index (χ3v) is 3.68. The van der Waals surface area contributed by atoms with Crippen molar-refractivity contribution in [2.24, 2.45) is 0 Å². The van der Waals surface area contributed by atoms with Gasteiger partial charge in [-0.25, -0.2) is 0 Å². The fourth-order valence-corrected chi connectivity index (χ4v) is 2.01. The fraction of sp³-hybridized carbons (Fsp3) is 0.533. The van der Waals surface area contributed by atoms with Crippen LogP contribution in [0.4, 0.5) is 5.69 Å². The molecule has 0 bridgehead atoms. The number of carbonyl (C=O) groups is 1. The molecule has 0 aliphatic carbocycles. The molecule has 10 N–H and O–H groups in total. The third kappa shape index (κ3) is 5.86. The van der Waals surface area contributed by atoms with Gasteiger partial charge in [0.05, 0.1) is 12.3 Å². The van der Waals surface area contributed by atoms with Crippen LogP contribution in [0.15, 0.2) is 30.3 Å². The first kappa shape index (κ1) is 22.2. The van der Waals surface area contributed by atoms with Gasteiger partial charge in [0.2, 0.25) is 0 Å². The van der Waals surface area contributed by atoms with Crippen LogP contribution in [-0.2, 0) is 4.79 Å². The van der Waals surface area contributed by atoms with Crippen molar-refractivity contribution >= 4 is 11.6 Å². The van der Waals surface area contributed by atoms with Gasteiger partial charge in [0, 0.05) is 0 Å². The van der Waals surface area contributed by atoms with Crippen LogP contribution in [-0.4, -0.2) is 96.1 Å². The Balaban J connectivity index is 2.61. The minimum Gasteiger partial charge on any atom is -0.394 e. The first-order valence-corrected chi connectivity index (χ1v) is 7.69. The van der Waals surface area contributed by atoms with Gasteiger partial charge >= 0.3 is 0 Å². The Kier molecular flexibility index (Phi) is 8.84. The van der Waals surface area contributed by atoms with Crippen LogP contribution < -0.4 is 10.9 Å². The number of amides is 1. The summed E-state index contributed by atoms with van der Waals surface area (Å²) in [7, 11) is 0. The van der Waals surface area contributed by atoms with Crippen molar-refractivity contribution in [2.45, 2.75) is 42.7 Å². The molecule has 0 fully saturated rings. The van der Waals surface area contributed by atoms with E-state index in [4.69, 9.17) is 5.11 Å². The normalized spacial score (nSPS) is 19.5. The lowest BCUT2D eigenvalue weighted by Crippen LogP contribution is -2.57. The van der Waals surface area contributed by atoms with E-state index in [0.717, 1.165) is 0 Å². The molecule has 26 heavy (non-hydrogen) atoms. The Morgan fingerprint density at radius 3 is 1.85 bits per heavy atom. The molecular weight excluding hydrogens is 352 g/mol. The quantitative estimate of drug-likeness (QED) is 0.178. The van der Waals surface area contributed by atoms with E-state index in [1.165, 1.54) is 0 Å². The van der Waals surface area contributed by atoms with Crippen molar-refractivity contribution < 1.29 is 45.6 Å². The minimum atomic E-state index is -2.25. The van der Waals surface area contributed by atoms with Gasteiger partial charge in [0.1, 0.15) is 36.6 Å². The van der Waals surface area contributed by atoms with E-state index in [1.807, 2.05) is 0 Å². The summed E-state index contributed by atoms with van der Waals surface area (Å²) in [5.74, 6) is -1.14. The van der Waals surface area contributed by atoms with Crippen molar-refractivity contribution in [2.75, 3.05) is 12.0 Å². The Morgan fingerprint density at radius 1 is 0.808 bits per heavy atom. The van der Waals surface area contributed by atoms with E-state index in [-0.39, 0.29) is 0 Å². The average molecular weight is 376 g/mol. The van der Waals surface area contributed by atoms with Gasteiger partial charge < -0.3 is 40.9 Å². The number of aliphatic hydroxyl groups is 8. The SMILES string of the molecule is O=C(NNc1ccccc1)C(O)C(O)C(O)C(O)C(O)C(O)C(O)CO. The number of hydrazine groups is 1. The smallest absolute Gasteiger partial charge is 0.269 e. The van der Waals surface area contributed by atoms with Crippen LogP contribution in [0.2, 0.25) is 0 Å². The van der Waals surface area contributed by atoms with Gasteiger partial charge in [-0.3, -0.25) is 15.6 Å². The number of nitrogens with one attached hydrogen (secondary N) is 2. The molecule has 1 aromatic carbocycles. The van der Waals surface area contributed by atoms with E-state index < -0.39 is 55.2 Å². The first-order chi connectivity index (χ1) is 12.2. The second-order valence-electron chi connectivity index (χ2n) is 5.63. The van der Waals surface area contributed by atoms with Crippen LogP contribution in [0.1, 0.15) is 0 Å². The Bertz CT molecular complexity index is 547. The Hall–Kier alpha value is -1.83. The molecule has 0 saturated carbocycles. The zero-order valence-electron chi connectivity index (χ0n) is 13.6. The lowest BCUT2D eigenvalue weighted by Gasteiger charge is -2.31. The van der Waals surface area contributed by atoms with Crippen LogP contribution in [0, 0.1) is 0 Å². The molecule has 0 saturated heterocycles. The highest BCUT2D eigenvalue weighted by Gasteiger charge is 2.40. The molecule has 1 amide bonds. The predicted molar refractivity (Wildman–Crippen MR) is 87.3 cm³/mol. The van der Waals surface area contributed by atoms with Crippen LogP contribution in [0.3, 0.4) is 0 Å². The summed E-state index contributed by atoms with van der Waals surface area (Å²) in [5.41, 5.74) is 4.99. The second kappa shape index (κ2) is 10.4.